The summed E-state index contributed by atoms with van der Waals surface area (Å²) in [6.07, 6.45) is 3.78. The quantitative estimate of drug-likeness (QED) is 0.598. The van der Waals surface area contributed by atoms with Gasteiger partial charge in [0, 0.05) is 36.9 Å². The van der Waals surface area contributed by atoms with Gasteiger partial charge in [0.15, 0.2) is 0 Å². The third-order valence-corrected chi connectivity index (χ3v) is 3.70. The molecule has 0 aliphatic heterocycles. The lowest BCUT2D eigenvalue weighted by Crippen LogP contribution is -2.19. The van der Waals surface area contributed by atoms with Gasteiger partial charge in [-0.05, 0) is 24.5 Å². The van der Waals surface area contributed by atoms with Crippen LogP contribution in [0.25, 0.3) is 0 Å². The molecule has 0 bridgehead atoms. The minimum atomic E-state index is 0.643. The number of para-hydroxylation sites is 1. The molecular weight excluding hydrogens is 284 g/mol. The van der Waals surface area contributed by atoms with Crippen LogP contribution in [-0.2, 0) is 11.3 Å². The Labute approximate surface area is 129 Å². The van der Waals surface area contributed by atoms with Crippen molar-refractivity contribution in [3.8, 4) is 11.6 Å². The second-order valence-electron chi connectivity index (χ2n) is 4.39. The Morgan fingerprint density at radius 3 is 2.86 bits per heavy atom. The van der Waals surface area contributed by atoms with Gasteiger partial charge in [-0.25, -0.2) is 4.98 Å². The molecule has 1 aromatic carbocycles. The number of pyridine rings is 1. The summed E-state index contributed by atoms with van der Waals surface area (Å²) >= 11 is 1.66. The van der Waals surface area contributed by atoms with Crippen molar-refractivity contribution >= 4 is 11.8 Å². The fourth-order valence-electron chi connectivity index (χ4n) is 1.86. The Kier molecular flexibility index (Phi) is 6.53. The van der Waals surface area contributed by atoms with Gasteiger partial charge in [0.1, 0.15) is 5.75 Å². The summed E-state index contributed by atoms with van der Waals surface area (Å²) in [4.78, 5) is 5.44. The molecule has 0 amide bonds. The number of nitrogens with one attached hydrogen (secondary N) is 1. The second-order valence-corrected chi connectivity index (χ2v) is 5.24. The van der Waals surface area contributed by atoms with E-state index in [1.54, 1.807) is 25.1 Å². The number of rotatable bonds is 8. The highest BCUT2D eigenvalue weighted by Gasteiger charge is 2.08. The van der Waals surface area contributed by atoms with Crippen LogP contribution in [-0.4, -0.2) is 31.5 Å². The summed E-state index contributed by atoms with van der Waals surface area (Å²) in [7, 11) is 1.69. The molecule has 0 aliphatic carbocycles. The summed E-state index contributed by atoms with van der Waals surface area (Å²) < 4.78 is 11.0. The minimum Gasteiger partial charge on any atom is -0.438 e. The van der Waals surface area contributed by atoms with E-state index >= 15 is 0 Å². The molecule has 0 radical (unpaired) electrons. The molecule has 0 saturated heterocycles. The lowest BCUT2D eigenvalue weighted by Gasteiger charge is -2.12. The number of aromatic nitrogens is 1. The van der Waals surface area contributed by atoms with Crippen molar-refractivity contribution < 1.29 is 9.47 Å². The van der Waals surface area contributed by atoms with Crippen molar-refractivity contribution in [3.05, 3.63) is 48.2 Å². The second kappa shape index (κ2) is 8.67. The van der Waals surface area contributed by atoms with Gasteiger partial charge in [-0.15, -0.1) is 11.8 Å². The SMILES string of the molecule is COCCNCc1cccnc1Oc1ccccc1SC. The topological polar surface area (TPSA) is 43.4 Å². The van der Waals surface area contributed by atoms with Gasteiger partial charge in [-0.2, -0.15) is 0 Å². The fraction of sp³-hybridized carbons (Fsp3) is 0.312. The highest BCUT2D eigenvalue weighted by Crippen LogP contribution is 2.31. The van der Waals surface area contributed by atoms with Gasteiger partial charge in [-0.1, -0.05) is 18.2 Å². The molecule has 1 heterocycles. The maximum absolute atomic E-state index is 5.99. The third kappa shape index (κ3) is 4.74. The monoisotopic (exact) mass is 304 g/mol. The van der Waals surface area contributed by atoms with Crippen LogP contribution in [0.5, 0.6) is 11.6 Å². The van der Waals surface area contributed by atoms with Crippen molar-refractivity contribution in [2.45, 2.75) is 11.4 Å². The number of hydrogen-bond acceptors (Lipinski definition) is 5. The van der Waals surface area contributed by atoms with Gasteiger partial charge in [0.2, 0.25) is 5.88 Å². The van der Waals surface area contributed by atoms with E-state index < -0.39 is 0 Å². The fourth-order valence-corrected chi connectivity index (χ4v) is 2.38. The van der Waals surface area contributed by atoms with E-state index in [1.165, 1.54) is 0 Å². The van der Waals surface area contributed by atoms with E-state index in [0.717, 1.165) is 22.8 Å². The molecule has 2 aromatic rings. The predicted molar refractivity (Wildman–Crippen MR) is 86.1 cm³/mol. The van der Waals surface area contributed by atoms with Crippen molar-refractivity contribution in [2.24, 2.45) is 0 Å². The Hall–Kier alpha value is -1.56. The summed E-state index contributed by atoms with van der Waals surface area (Å²) in [5, 5.41) is 3.31. The summed E-state index contributed by atoms with van der Waals surface area (Å²) in [5.41, 5.74) is 1.03. The first kappa shape index (κ1) is 15.8. The Bertz CT molecular complexity index is 563. The minimum absolute atomic E-state index is 0.643. The number of hydrogen-bond donors (Lipinski definition) is 1. The van der Waals surface area contributed by atoms with Gasteiger partial charge in [0.25, 0.3) is 0 Å². The molecule has 1 aromatic heterocycles. The van der Waals surface area contributed by atoms with Gasteiger partial charge >= 0.3 is 0 Å². The van der Waals surface area contributed by atoms with Crippen molar-refractivity contribution in [1.29, 1.82) is 0 Å². The van der Waals surface area contributed by atoms with E-state index in [4.69, 9.17) is 9.47 Å². The molecule has 2 rings (SSSR count). The molecule has 0 aliphatic rings. The highest BCUT2D eigenvalue weighted by molar-refractivity contribution is 7.98. The van der Waals surface area contributed by atoms with Gasteiger partial charge in [0.05, 0.1) is 6.61 Å². The van der Waals surface area contributed by atoms with E-state index in [1.807, 2.05) is 42.7 Å². The Balaban J connectivity index is 2.09. The standard InChI is InChI=1S/C16H20N2O2S/c1-19-11-10-17-12-13-6-5-9-18-16(13)20-14-7-3-4-8-15(14)21-2/h3-9,17H,10-12H2,1-2H3. The zero-order valence-corrected chi connectivity index (χ0v) is 13.2. The van der Waals surface area contributed by atoms with Gasteiger partial charge < -0.3 is 14.8 Å². The predicted octanol–water partition coefficient (Wildman–Crippen LogP) is 3.33. The molecule has 0 spiro atoms. The molecule has 1 N–H and O–H groups in total. The van der Waals surface area contributed by atoms with Crippen LogP contribution >= 0.6 is 11.8 Å². The lowest BCUT2D eigenvalue weighted by atomic mass is 10.2. The van der Waals surface area contributed by atoms with Crippen LogP contribution in [0.2, 0.25) is 0 Å². The molecule has 0 fully saturated rings. The molecule has 4 nitrogen and oxygen atoms in total. The molecule has 0 unspecified atom stereocenters. The molecule has 0 atom stereocenters. The largest absolute Gasteiger partial charge is 0.438 e. The van der Waals surface area contributed by atoms with Crippen LogP contribution < -0.4 is 10.1 Å². The van der Waals surface area contributed by atoms with Gasteiger partial charge in [-0.3, -0.25) is 0 Å². The van der Waals surface area contributed by atoms with E-state index in [2.05, 4.69) is 10.3 Å². The lowest BCUT2D eigenvalue weighted by molar-refractivity contribution is 0.199. The molecule has 112 valence electrons. The molecule has 0 saturated carbocycles. The zero-order chi connectivity index (χ0) is 14.9. The van der Waals surface area contributed by atoms with Crippen molar-refractivity contribution in [1.82, 2.24) is 10.3 Å². The first-order valence-corrected chi connectivity index (χ1v) is 8.02. The number of methoxy groups -OCH3 is 1. The number of nitrogens with zero attached hydrogens (tertiary/aromatic N) is 1. The summed E-state index contributed by atoms with van der Waals surface area (Å²) in [6, 6.07) is 11.9. The number of thioether (sulfide) groups is 1. The Morgan fingerprint density at radius 1 is 1.19 bits per heavy atom. The van der Waals surface area contributed by atoms with Crippen molar-refractivity contribution in [2.75, 3.05) is 26.5 Å². The third-order valence-electron chi connectivity index (χ3n) is 2.92. The van der Waals surface area contributed by atoms with Crippen LogP contribution in [0.1, 0.15) is 5.56 Å². The van der Waals surface area contributed by atoms with Crippen LogP contribution in [0.4, 0.5) is 0 Å². The molecular formula is C16H20N2O2S. The van der Waals surface area contributed by atoms with E-state index in [0.29, 0.717) is 19.0 Å². The molecule has 5 heteroatoms. The zero-order valence-electron chi connectivity index (χ0n) is 12.3. The van der Waals surface area contributed by atoms with Crippen LogP contribution in [0.3, 0.4) is 0 Å². The average molecular weight is 304 g/mol. The highest BCUT2D eigenvalue weighted by atomic mass is 32.2. The maximum atomic E-state index is 5.99. The van der Waals surface area contributed by atoms with E-state index in [9.17, 15) is 0 Å². The van der Waals surface area contributed by atoms with Crippen molar-refractivity contribution in [3.63, 3.8) is 0 Å². The summed E-state index contributed by atoms with van der Waals surface area (Å²) in [6.45, 7) is 2.19. The van der Waals surface area contributed by atoms with Crippen LogP contribution in [0.15, 0.2) is 47.5 Å². The normalized spacial score (nSPS) is 10.6. The number of ether oxygens (including phenoxy) is 2. The van der Waals surface area contributed by atoms with Crippen LogP contribution in [0, 0.1) is 0 Å². The maximum Gasteiger partial charge on any atom is 0.223 e. The average Bonchev–Trinajstić information content (AvgIpc) is 2.53. The smallest absolute Gasteiger partial charge is 0.223 e. The van der Waals surface area contributed by atoms with E-state index in [-0.39, 0.29) is 0 Å². The first-order chi connectivity index (χ1) is 10.3. The molecule has 21 heavy (non-hydrogen) atoms. The summed E-state index contributed by atoms with van der Waals surface area (Å²) in [5.74, 6) is 1.48. The first-order valence-electron chi connectivity index (χ1n) is 6.79. The Morgan fingerprint density at radius 2 is 2.05 bits per heavy atom. The number of benzene rings is 1.